The molecule has 0 aliphatic carbocycles. The second-order valence-electron chi connectivity index (χ2n) is 4.94. The Balaban J connectivity index is 2.34. The Morgan fingerprint density at radius 2 is 1.84 bits per heavy atom. The van der Waals surface area contributed by atoms with Crippen molar-refractivity contribution in [3.05, 3.63) is 48.7 Å². The molecule has 130 valence electrons. The summed E-state index contributed by atoms with van der Waals surface area (Å²) in [7, 11) is 4.46. The fourth-order valence-corrected chi connectivity index (χ4v) is 1.79. The van der Waals surface area contributed by atoms with Gasteiger partial charge in [0.05, 0.1) is 18.9 Å². The first kappa shape index (κ1) is 17.9. The van der Waals surface area contributed by atoms with Crippen molar-refractivity contribution in [3.63, 3.8) is 0 Å². The molecule has 9 nitrogen and oxygen atoms in total. The van der Waals surface area contributed by atoms with Gasteiger partial charge in [-0.2, -0.15) is 9.97 Å². The summed E-state index contributed by atoms with van der Waals surface area (Å²) in [6, 6.07) is 6.27. The molecule has 2 rings (SSSR count). The van der Waals surface area contributed by atoms with Crippen LogP contribution in [0.5, 0.6) is 11.8 Å². The van der Waals surface area contributed by atoms with Crippen molar-refractivity contribution < 1.29 is 19.1 Å². The number of carbonyl (C=O) groups excluding carboxylic acids is 2. The van der Waals surface area contributed by atoms with Crippen LogP contribution >= 0.6 is 0 Å². The molecule has 3 amide bonds. The molecule has 0 saturated heterocycles. The van der Waals surface area contributed by atoms with E-state index in [2.05, 4.69) is 20.3 Å². The molecular formula is C16H17N5O4. The fourth-order valence-electron chi connectivity index (χ4n) is 1.79. The van der Waals surface area contributed by atoms with E-state index in [-0.39, 0.29) is 11.6 Å². The van der Waals surface area contributed by atoms with Gasteiger partial charge in [0.25, 0.3) is 5.91 Å². The lowest BCUT2D eigenvalue weighted by atomic mass is 10.1. The summed E-state index contributed by atoms with van der Waals surface area (Å²) in [6.07, 6.45) is 3.81. The van der Waals surface area contributed by atoms with Crippen molar-refractivity contribution >= 4 is 17.5 Å². The molecule has 1 heterocycles. The predicted octanol–water partition coefficient (Wildman–Crippen LogP) is 1.45. The molecule has 25 heavy (non-hydrogen) atoms. The standard InChI is InChI=1S/C16H17N5O4/c1-21(2)16(23)20-14(22)12(8-24-3)11-6-4-5-7-13(11)25-15-18-9-17-10-19-15/h4-10H,1-3H3,(H,20,22,23)/b12-8+. The van der Waals surface area contributed by atoms with Crippen molar-refractivity contribution in [3.8, 4) is 11.8 Å². The largest absolute Gasteiger partial charge is 0.504 e. The highest BCUT2D eigenvalue weighted by atomic mass is 16.5. The molecule has 0 saturated carbocycles. The molecule has 0 spiro atoms. The van der Waals surface area contributed by atoms with E-state index in [1.807, 2.05) is 0 Å². The van der Waals surface area contributed by atoms with Crippen LogP contribution in [0, 0.1) is 0 Å². The van der Waals surface area contributed by atoms with E-state index in [9.17, 15) is 9.59 Å². The molecule has 0 radical (unpaired) electrons. The minimum atomic E-state index is -0.632. The van der Waals surface area contributed by atoms with Crippen LogP contribution in [0.3, 0.4) is 0 Å². The van der Waals surface area contributed by atoms with E-state index in [4.69, 9.17) is 9.47 Å². The Labute approximate surface area is 144 Å². The van der Waals surface area contributed by atoms with Crippen LogP contribution in [0.4, 0.5) is 4.79 Å². The number of hydrogen-bond acceptors (Lipinski definition) is 7. The zero-order chi connectivity index (χ0) is 18.2. The number of carbonyl (C=O) groups is 2. The Kier molecular flexibility index (Phi) is 5.99. The van der Waals surface area contributed by atoms with Crippen LogP contribution in [-0.2, 0) is 9.53 Å². The van der Waals surface area contributed by atoms with Gasteiger partial charge >= 0.3 is 12.0 Å². The SMILES string of the molecule is CO/C=C(/C(=O)NC(=O)N(C)C)c1ccccc1Oc1ncncn1. The van der Waals surface area contributed by atoms with E-state index in [1.165, 1.54) is 45.0 Å². The first-order chi connectivity index (χ1) is 12.0. The van der Waals surface area contributed by atoms with Crippen molar-refractivity contribution in [2.75, 3.05) is 21.2 Å². The van der Waals surface area contributed by atoms with Gasteiger partial charge in [-0.25, -0.2) is 9.78 Å². The fraction of sp³-hybridized carbons (Fsp3) is 0.188. The van der Waals surface area contributed by atoms with Gasteiger partial charge in [0.15, 0.2) is 0 Å². The quantitative estimate of drug-likeness (QED) is 0.647. The average Bonchev–Trinajstić information content (AvgIpc) is 2.61. The lowest BCUT2D eigenvalue weighted by Crippen LogP contribution is -2.39. The Hall–Kier alpha value is -3.49. The molecule has 0 atom stereocenters. The molecule has 0 bridgehead atoms. The highest BCUT2D eigenvalue weighted by Crippen LogP contribution is 2.29. The number of methoxy groups -OCH3 is 1. The Morgan fingerprint density at radius 3 is 2.48 bits per heavy atom. The number of nitrogens with one attached hydrogen (secondary N) is 1. The van der Waals surface area contributed by atoms with Crippen molar-refractivity contribution in [2.45, 2.75) is 0 Å². The third-order valence-electron chi connectivity index (χ3n) is 2.96. The summed E-state index contributed by atoms with van der Waals surface area (Å²) in [5.41, 5.74) is 0.524. The minimum absolute atomic E-state index is 0.0731. The predicted molar refractivity (Wildman–Crippen MR) is 88.6 cm³/mol. The van der Waals surface area contributed by atoms with Gasteiger partial charge < -0.3 is 14.4 Å². The summed E-state index contributed by atoms with van der Waals surface area (Å²) >= 11 is 0. The molecule has 9 heteroatoms. The molecule has 1 aromatic heterocycles. The van der Waals surface area contributed by atoms with Gasteiger partial charge in [0.2, 0.25) is 0 Å². The number of para-hydroxylation sites is 1. The monoisotopic (exact) mass is 343 g/mol. The van der Waals surface area contributed by atoms with Crippen LogP contribution in [0.1, 0.15) is 5.56 Å². The van der Waals surface area contributed by atoms with Gasteiger partial charge in [-0.05, 0) is 6.07 Å². The molecule has 0 aliphatic rings. The first-order valence-corrected chi connectivity index (χ1v) is 7.17. The van der Waals surface area contributed by atoms with Crippen molar-refractivity contribution in [2.24, 2.45) is 0 Å². The number of ether oxygens (including phenoxy) is 2. The zero-order valence-corrected chi connectivity index (χ0v) is 14.0. The Morgan fingerprint density at radius 1 is 1.16 bits per heavy atom. The molecule has 0 aliphatic heterocycles. The molecule has 1 N–H and O–H groups in total. The average molecular weight is 343 g/mol. The maximum Gasteiger partial charge on any atom is 0.324 e. The number of benzene rings is 1. The maximum absolute atomic E-state index is 12.4. The number of aromatic nitrogens is 3. The summed E-state index contributed by atoms with van der Waals surface area (Å²) in [5.74, 6) is -0.309. The topological polar surface area (TPSA) is 107 Å². The van der Waals surface area contributed by atoms with Crippen LogP contribution in [0.15, 0.2) is 43.2 Å². The highest BCUT2D eigenvalue weighted by Gasteiger charge is 2.20. The van der Waals surface area contributed by atoms with E-state index >= 15 is 0 Å². The Bertz CT molecular complexity index is 777. The molecule has 0 fully saturated rings. The van der Waals surface area contributed by atoms with Gasteiger partial charge in [0, 0.05) is 19.7 Å². The van der Waals surface area contributed by atoms with Crippen LogP contribution < -0.4 is 10.1 Å². The number of amides is 3. The third kappa shape index (κ3) is 4.74. The van der Waals surface area contributed by atoms with E-state index in [1.54, 1.807) is 24.3 Å². The second-order valence-corrected chi connectivity index (χ2v) is 4.94. The number of hydrogen-bond donors (Lipinski definition) is 1. The van der Waals surface area contributed by atoms with Crippen LogP contribution in [0.25, 0.3) is 5.57 Å². The normalized spacial score (nSPS) is 10.8. The summed E-state index contributed by atoms with van der Waals surface area (Å²) in [6.45, 7) is 0. The number of nitrogens with zero attached hydrogens (tertiary/aromatic N) is 4. The van der Waals surface area contributed by atoms with Gasteiger partial charge in [-0.1, -0.05) is 18.2 Å². The maximum atomic E-state index is 12.4. The zero-order valence-electron chi connectivity index (χ0n) is 14.0. The summed E-state index contributed by atoms with van der Waals surface area (Å²) in [5, 5.41) is 2.26. The number of rotatable bonds is 5. The first-order valence-electron chi connectivity index (χ1n) is 7.17. The third-order valence-corrected chi connectivity index (χ3v) is 2.96. The lowest BCUT2D eigenvalue weighted by Gasteiger charge is -2.14. The van der Waals surface area contributed by atoms with Gasteiger partial charge in [0.1, 0.15) is 18.4 Å². The smallest absolute Gasteiger partial charge is 0.324 e. The lowest BCUT2D eigenvalue weighted by molar-refractivity contribution is -0.114. The van der Waals surface area contributed by atoms with Crippen molar-refractivity contribution in [1.29, 1.82) is 0 Å². The van der Waals surface area contributed by atoms with Crippen LogP contribution in [-0.4, -0.2) is 53.0 Å². The van der Waals surface area contributed by atoms with Gasteiger partial charge in [-0.15, -0.1) is 0 Å². The second kappa shape index (κ2) is 8.39. The van der Waals surface area contributed by atoms with Crippen LogP contribution in [0.2, 0.25) is 0 Å². The van der Waals surface area contributed by atoms with E-state index in [0.717, 1.165) is 0 Å². The van der Waals surface area contributed by atoms with Gasteiger partial charge in [-0.3, -0.25) is 10.1 Å². The van der Waals surface area contributed by atoms with E-state index < -0.39 is 11.9 Å². The molecule has 0 unspecified atom stereocenters. The number of urea groups is 1. The summed E-state index contributed by atoms with van der Waals surface area (Å²) in [4.78, 5) is 36.9. The molecular weight excluding hydrogens is 326 g/mol. The number of imide groups is 1. The van der Waals surface area contributed by atoms with Crippen molar-refractivity contribution in [1.82, 2.24) is 25.2 Å². The molecule has 1 aromatic carbocycles. The molecule has 2 aromatic rings. The highest BCUT2D eigenvalue weighted by molar-refractivity contribution is 6.23. The minimum Gasteiger partial charge on any atom is -0.504 e. The summed E-state index contributed by atoms with van der Waals surface area (Å²) < 4.78 is 10.6. The van der Waals surface area contributed by atoms with E-state index in [0.29, 0.717) is 11.3 Å².